The monoisotopic (exact) mass is 431 g/mol. The number of hydrogen-bond donors (Lipinski definition) is 2. The van der Waals surface area contributed by atoms with Crippen LogP contribution in [0.4, 0.5) is 10.8 Å². The van der Waals surface area contributed by atoms with E-state index in [0.29, 0.717) is 31.9 Å². The molecular weight excluding hydrogens is 421 g/mol. The Kier molecular flexibility index (Phi) is 5.04. The number of carbonyl (C=O) groups is 2. The van der Waals surface area contributed by atoms with E-state index in [1.165, 1.54) is 23.7 Å². The lowest BCUT2D eigenvalue weighted by molar-refractivity contribution is 0.0994. The first-order valence-electron chi connectivity index (χ1n) is 8.01. The Morgan fingerprint density at radius 1 is 0.964 bits per heavy atom. The second-order valence-corrected chi connectivity index (χ2v) is 7.56. The van der Waals surface area contributed by atoms with E-state index in [1.807, 2.05) is 0 Å². The van der Waals surface area contributed by atoms with E-state index >= 15 is 0 Å². The fraction of sp³-hybridized carbons (Fsp3) is 0. The van der Waals surface area contributed by atoms with Gasteiger partial charge in [-0.25, -0.2) is 4.98 Å². The van der Waals surface area contributed by atoms with Gasteiger partial charge in [0.25, 0.3) is 11.8 Å². The highest BCUT2D eigenvalue weighted by molar-refractivity contribution is 7.22. The fourth-order valence-electron chi connectivity index (χ4n) is 2.46. The van der Waals surface area contributed by atoms with Crippen LogP contribution in [0, 0.1) is 0 Å². The molecule has 0 radical (unpaired) electrons. The van der Waals surface area contributed by atoms with E-state index in [0.717, 1.165) is 4.70 Å². The third-order valence-corrected chi connectivity index (χ3v) is 5.47. The minimum absolute atomic E-state index is 0.203. The van der Waals surface area contributed by atoms with Crippen LogP contribution in [0.25, 0.3) is 10.2 Å². The molecule has 0 fully saturated rings. The van der Waals surface area contributed by atoms with Crippen LogP contribution < -0.4 is 10.6 Å². The molecule has 0 unspecified atom stereocenters. The quantitative estimate of drug-likeness (QED) is 0.433. The molecule has 0 atom stereocenters. The van der Waals surface area contributed by atoms with Gasteiger partial charge in [-0.2, -0.15) is 0 Å². The van der Waals surface area contributed by atoms with Crippen molar-refractivity contribution in [2.45, 2.75) is 0 Å². The Balaban J connectivity index is 1.52. The lowest BCUT2D eigenvalue weighted by atomic mass is 10.2. The van der Waals surface area contributed by atoms with E-state index in [9.17, 15) is 9.59 Å². The molecule has 2 aromatic carbocycles. The predicted octanol–water partition coefficient (Wildman–Crippen LogP) is 5.70. The largest absolute Gasteiger partial charge is 0.459 e. The van der Waals surface area contributed by atoms with Crippen molar-refractivity contribution < 1.29 is 14.0 Å². The van der Waals surface area contributed by atoms with Crippen molar-refractivity contribution in [3.05, 3.63) is 76.2 Å². The second-order valence-electron chi connectivity index (χ2n) is 5.72. The Hall–Kier alpha value is -2.87. The maximum atomic E-state index is 12.4. The zero-order chi connectivity index (χ0) is 19.7. The second kappa shape index (κ2) is 7.63. The lowest BCUT2D eigenvalue weighted by Crippen LogP contribution is -2.11. The maximum Gasteiger partial charge on any atom is 0.293 e. The van der Waals surface area contributed by atoms with E-state index in [2.05, 4.69) is 15.6 Å². The molecular formula is C19H11Cl2N3O3S. The molecule has 0 bridgehead atoms. The minimum atomic E-state index is -0.378. The molecule has 0 aliphatic rings. The molecule has 0 saturated heterocycles. The fourth-order valence-corrected chi connectivity index (χ4v) is 3.66. The average molecular weight is 432 g/mol. The standard InChI is InChI=1S/C19H11Cl2N3O3S/c20-12-5-3-10(8-13(12)21)17(25)22-11-4-6-14-16(9-11)28-19(23-14)24-18(26)15-2-1-7-27-15/h1-9H,(H,22,25)(H,23,24,26). The summed E-state index contributed by atoms with van der Waals surface area (Å²) in [5, 5.41) is 6.62. The number of amides is 2. The van der Waals surface area contributed by atoms with Crippen molar-refractivity contribution in [1.82, 2.24) is 4.98 Å². The average Bonchev–Trinajstić information content (AvgIpc) is 3.33. The highest BCUT2D eigenvalue weighted by Gasteiger charge is 2.13. The number of halogens is 2. The van der Waals surface area contributed by atoms with Gasteiger partial charge in [0.1, 0.15) is 0 Å². The summed E-state index contributed by atoms with van der Waals surface area (Å²) in [6.45, 7) is 0. The van der Waals surface area contributed by atoms with Crippen LogP contribution in [0.2, 0.25) is 10.0 Å². The van der Waals surface area contributed by atoms with Gasteiger partial charge in [-0.15, -0.1) is 0 Å². The van der Waals surface area contributed by atoms with Gasteiger partial charge in [-0.3, -0.25) is 14.9 Å². The summed E-state index contributed by atoms with van der Waals surface area (Å²) >= 11 is 13.1. The third-order valence-electron chi connectivity index (χ3n) is 3.79. The van der Waals surface area contributed by atoms with Crippen LogP contribution in [0.15, 0.2) is 59.2 Å². The van der Waals surface area contributed by atoms with Crippen LogP contribution in [0.3, 0.4) is 0 Å². The summed E-state index contributed by atoms with van der Waals surface area (Å²) in [6.07, 6.45) is 1.43. The van der Waals surface area contributed by atoms with Crippen LogP contribution in [0.1, 0.15) is 20.9 Å². The molecule has 2 amide bonds. The van der Waals surface area contributed by atoms with E-state index in [-0.39, 0.29) is 17.6 Å². The summed E-state index contributed by atoms with van der Waals surface area (Å²) < 4.78 is 5.87. The zero-order valence-electron chi connectivity index (χ0n) is 14.0. The number of aromatic nitrogens is 1. The van der Waals surface area contributed by atoms with E-state index in [1.54, 1.807) is 42.5 Å². The normalized spacial score (nSPS) is 10.8. The third kappa shape index (κ3) is 3.87. The number of benzene rings is 2. The van der Waals surface area contributed by atoms with E-state index in [4.69, 9.17) is 27.6 Å². The van der Waals surface area contributed by atoms with Crippen molar-refractivity contribution in [2.24, 2.45) is 0 Å². The Morgan fingerprint density at radius 3 is 2.57 bits per heavy atom. The predicted molar refractivity (Wildman–Crippen MR) is 111 cm³/mol. The molecule has 4 aromatic rings. The molecule has 28 heavy (non-hydrogen) atoms. The number of furan rings is 1. The first-order valence-corrected chi connectivity index (χ1v) is 9.59. The topological polar surface area (TPSA) is 84.2 Å². The number of carbonyl (C=O) groups excluding carboxylic acids is 2. The highest BCUT2D eigenvalue weighted by atomic mass is 35.5. The SMILES string of the molecule is O=C(Nc1ccc2nc(NC(=O)c3ccco3)sc2c1)c1ccc(Cl)c(Cl)c1. The Labute approximate surface area is 173 Å². The van der Waals surface area contributed by atoms with Crippen molar-refractivity contribution in [3.63, 3.8) is 0 Å². The van der Waals surface area contributed by atoms with Gasteiger partial charge in [0, 0.05) is 11.3 Å². The number of thiazole rings is 1. The van der Waals surface area contributed by atoms with Gasteiger partial charge >= 0.3 is 0 Å². The highest BCUT2D eigenvalue weighted by Crippen LogP contribution is 2.29. The van der Waals surface area contributed by atoms with Crippen molar-refractivity contribution >= 4 is 67.4 Å². The molecule has 4 rings (SSSR count). The lowest BCUT2D eigenvalue weighted by Gasteiger charge is -2.06. The Bertz CT molecular complexity index is 1190. The first kappa shape index (κ1) is 18.5. The molecule has 0 aliphatic heterocycles. The van der Waals surface area contributed by atoms with Crippen LogP contribution in [0.5, 0.6) is 0 Å². The van der Waals surface area contributed by atoms with E-state index < -0.39 is 0 Å². The Morgan fingerprint density at radius 2 is 1.82 bits per heavy atom. The molecule has 2 aromatic heterocycles. The summed E-state index contributed by atoms with van der Waals surface area (Å²) in [4.78, 5) is 28.8. The van der Waals surface area contributed by atoms with Gasteiger partial charge in [-0.05, 0) is 48.5 Å². The summed E-state index contributed by atoms with van der Waals surface area (Å²) in [6, 6.07) is 13.2. The number of hydrogen-bond acceptors (Lipinski definition) is 5. The number of fused-ring (bicyclic) bond motifs is 1. The van der Waals surface area contributed by atoms with Crippen LogP contribution in [-0.4, -0.2) is 16.8 Å². The molecule has 9 heteroatoms. The molecule has 0 aliphatic carbocycles. The summed E-state index contributed by atoms with van der Waals surface area (Å²) in [7, 11) is 0. The van der Waals surface area contributed by atoms with Crippen LogP contribution in [-0.2, 0) is 0 Å². The van der Waals surface area contributed by atoms with Gasteiger partial charge in [0.2, 0.25) is 0 Å². The van der Waals surface area contributed by atoms with Gasteiger partial charge in [-0.1, -0.05) is 34.5 Å². The van der Waals surface area contributed by atoms with Crippen LogP contribution >= 0.6 is 34.5 Å². The number of nitrogens with one attached hydrogen (secondary N) is 2. The van der Waals surface area contributed by atoms with Crippen molar-refractivity contribution in [3.8, 4) is 0 Å². The zero-order valence-corrected chi connectivity index (χ0v) is 16.4. The first-order chi connectivity index (χ1) is 13.5. The smallest absolute Gasteiger partial charge is 0.293 e. The van der Waals surface area contributed by atoms with Crippen molar-refractivity contribution in [2.75, 3.05) is 10.6 Å². The van der Waals surface area contributed by atoms with Gasteiger partial charge < -0.3 is 9.73 Å². The molecule has 0 saturated carbocycles. The van der Waals surface area contributed by atoms with Gasteiger partial charge in [0.15, 0.2) is 10.9 Å². The maximum absolute atomic E-state index is 12.4. The van der Waals surface area contributed by atoms with Gasteiger partial charge in [0.05, 0.1) is 26.5 Å². The number of rotatable bonds is 4. The summed E-state index contributed by atoms with van der Waals surface area (Å²) in [5.41, 5.74) is 1.69. The number of anilines is 2. The molecule has 0 spiro atoms. The number of nitrogens with zero attached hydrogens (tertiary/aromatic N) is 1. The molecule has 2 heterocycles. The molecule has 2 N–H and O–H groups in total. The molecule has 6 nitrogen and oxygen atoms in total. The summed E-state index contributed by atoms with van der Waals surface area (Å²) in [5.74, 6) is -0.486. The minimum Gasteiger partial charge on any atom is -0.459 e. The molecule has 140 valence electrons. The van der Waals surface area contributed by atoms with Crippen molar-refractivity contribution in [1.29, 1.82) is 0 Å².